The van der Waals surface area contributed by atoms with Crippen molar-refractivity contribution in [2.75, 3.05) is 24.8 Å². The van der Waals surface area contributed by atoms with Gasteiger partial charge in [0, 0.05) is 7.11 Å². The quantitative estimate of drug-likeness (QED) is 0.876. The minimum Gasteiger partial charge on any atom is -0.396 e. The van der Waals surface area contributed by atoms with Gasteiger partial charge in [-0.3, -0.25) is 0 Å². The molecule has 1 aromatic heterocycles. The standard InChI is InChI=1S/C11H16F3N3O/c1-10(2,6-18-3)17-8-4-9(11(12,13)14)16-5-7(8)15/h4-5H,6,15H2,1-3H3,(H,16,17). The van der Waals surface area contributed by atoms with Gasteiger partial charge in [-0.1, -0.05) is 0 Å². The number of pyridine rings is 1. The summed E-state index contributed by atoms with van der Waals surface area (Å²) in [5, 5.41) is 2.91. The summed E-state index contributed by atoms with van der Waals surface area (Å²) in [6.45, 7) is 3.92. The Morgan fingerprint density at radius 1 is 1.39 bits per heavy atom. The number of anilines is 2. The average Bonchev–Trinajstić information content (AvgIpc) is 2.19. The van der Waals surface area contributed by atoms with E-state index in [1.807, 2.05) is 0 Å². The highest BCUT2D eigenvalue weighted by molar-refractivity contribution is 5.66. The summed E-state index contributed by atoms with van der Waals surface area (Å²) in [5.74, 6) is 0. The lowest BCUT2D eigenvalue weighted by atomic mass is 10.1. The number of aromatic nitrogens is 1. The third kappa shape index (κ3) is 3.76. The number of alkyl halides is 3. The van der Waals surface area contributed by atoms with E-state index >= 15 is 0 Å². The number of hydrogen-bond donors (Lipinski definition) is 2. The Morgan fingerprint density at radius 2 is 2.00 bits per heavy atom. The van der Waals surface area contributed by atoms with Crippen LogP contribution in [0.3, 0.4) is 0 Å². The lowest BCUT2D eigenvalue weighted by Crippen LogP contribution is -2.36. The van der Waals surface area contributed by atoms with Gasteiger partial charge in [-0.15, -0.1) is 0 Å². The predicted molar refractivity (Wildman–Crippen MR) is 63.2 cm³/mol. The molecule has 0 aliphatic heterocycles. The molecule has 102 valence electrons. The first-order valence-corrected chi connectivity index (χ1v) is 5.25. The van der Waals surface area contributed by atoms with Gasteiger partial charge in [0.25, 0.3) is 0 Å². The Kier molecular flexibility index (Phi) is 4.05. The van der Waals surface area contributed by atoms with Gasteiger partial charge in [0.15, 0.2) is 0 Å². The molecule has 0 atom stereocenters. The second-order valence-electron chi connectivity index (χ2n) is 4.60. The van der Waals surface area contributed by atoms with E-state index in [0.29, 0.717) is 6.61 Å². The molecule has 1 rings (SSSR count). The van der Waals surface area contributed by atoms with Crippen molar-refractivity contribution in [2.45, 2.75) is 25.6 Å². The van der Waals surface area contributed by atoms with Crippen molar-refractivity contribution in [1.29, 1.82) is 0 Å². The Bertz CT molecular complexity index is 418. The summed E-state index contributed by atoms with van der Waals surface area (Å²) in [6, 6.07) is 0.896. The molecule has 0 amide bonds. The van der Waals surface area contributed by atoms with Gasteiger partial charge < -0.3 is 15.8 Å². The number of nitrogens with two attached hydrogens (primary N) is 1. The Morgan fingerprint density at radius 3 is 2.50 bits per heavy atom. The predicted octanol–water partition coefficient (Wildman–Crippen LogP) is 2.52. The molecule has 4 nitrogen and oxygen atoms in total. The summed E-state index contributed by atoms with van der Waals surface area (Å²) in [7, 11) is 1.51. The fourth-order valence-electron chi connectivity index (χ4n) is 1.49. The summed E-state index contributed by atoms with van der Waals surface area (Å²) in [6.07, 6.45) is -3.50. The number of rotatable bonds is 4. The lowest BCUT2D eigenvalue weighted by Gasteiger charge is -2.27. The summed E-state index contributed by atoms with van der Waals surface area (Å²) in [5.41, 5.74) is 4.44. The van der Waals surface area contributed by atoms with Crippen molar-refractivity contribution in [3.8, 4) is 0 Å². The van der Waals surface area contributed by atoms with E-state index in [4.69, 9.17) is 10.5 Å². The second-order valence-corrected chi connectivity index (χ2v) is 4.60. The second kappa shape index (κ2) is 5.01. The molecule has 0 spiro atoms. The molecule has 0 radical (unpaired) electrons. The maximum absolute atomic E-state index is 12.5. The van der Waals surface area contributed by atoms with E-state index in [-0.39, 0.29) is 11.4 Å². The Balaban J connectivity index is 3.02. The topological polar surface area (TPSA) is 60.2 Å². The van der Waals surface area contributed by atoms with Crippen LogP contribution in [-0.4, -0.2) is 24.2 Å². The molecule has 1 heterocycles. The molecule has 0 unspecified atom stereocenters. The van der Waals surface area contributed by atoms with E-state index in [2.05, 4.69) is 10.3 Å². The number of nitrogen functional groups attached to an aromatic ring is 1. The molecule has 7 heteroatoms. The van der Waals surface area contributed by atoms with E-state index in [1.54, 1.807) is 13.8 Å². The van der Waals surface area contributed by atoms with E-state index in [1.165, 1.54) is 7.11 Å². The van der Waals surface area contributed by atoms with Crippen molar-refractivity contribution < 1.29 is 17.9 Å². The monoisotopic (exact) mass is 263 g/mol. The van der Waals surface area contributed by atoms with Gasteiger partial charge in [0.1, 0.15) is 5.69 Å². The van der Waals surface area contributed by atoms with Crippen molar-refractivity contribution in [3.63, 3.8) is 0 Å². The minimum atomic E-state index is -4.49. The van der Waals surface area contributed by atoms with Gasteiger partial charge in [-0.2, -0.15) is 13.2 Å². The lowest BCUT2D eigenvalue weighted by molar-refractivity contribution is -0.141. The number of halogens is 3. The van der Waals surface area contributed by atoms with Crippen LogP contribution in [0.4, 0.5) is 24.5 Å². The first-order chi connectivity index (χ1) is 8.15. The van der Waals surface area contributed by atoms with Crippen LogP contribution in [0.2, 0.25) is 0 Å². The molecule has 0 bridgehead atoms. The molecule has 0 aromatic carbocycles. The maximum Gasteiger partial charge on any atom is 0.433 e. The highest BCUT2D eigenvalue weighted by Gasteiger charge is 2.33. The molecule has 0 saturated heterocycles. The fraction of sp³-hybridized carbons (Fsp3) is 0.545. The number of methoxy groups -OCH3 is 1. The zero-order valence-electron chi connectivity index (χ0n) is 10.4. The molecule has 0 aliphatic carbocycles. The van der Waals surface area contributed by atoms with Gasteiger partial charge >= 0.3 is 6.18 Å². The van der Waals surface area contributed by atoms with Crippen LogP contribution >= 0.6 is 0 Å². The normalized spacial score (nSPS) is 12.6. The number of hydrogen-bond acceptors (Lipinski definition) is 4. The summed E-state index contributed by atoms with van der Waals surface area (Å²) >= 11 is 0. The molecular weight excluding hydrogens is 247 g/mol. The van der Waals surface area contributed by atoms with Crippen LogP contribution in [-0.2, 0) is 10.9 Å². The van der Waals surface area contributed by atoms with Gasteiger partial charge in [-0.05, 0) is 19.9 Å². The SMILES string of the molecule is COCC(C)(C)Nc1cc(C(F)(F)F)ncc1N. The number of nitrogens with one attached hydrogen (secondary N) is 1. The molecule has 18 heavy (non-hydrogen) atoms. The first kappa shape index (κ1) is 14.6. The summed E-state index contributed by atoms with van der Waals surface area (Å²) < 4.78 is 42.5. The van der Waals surface area contributed by atoms with Gasteiger partial charge in [0.2, 0.25) is 0 Å². The number of nitrogens with zero attached hydrogens (tertiary/aromatic N) is 1. The van der Waals surface area contributed by atoms with Crippen LogP contribution in [0.5, 0.6) is 0 Å². The maximum atomic E-state index is 12.5. The largest absolute Gasteiger partial charge is 0.433 e. The molecule has 3 N–H and O–H groups in total. The van der Waals surface area contributed by atoms with Crippen LogP contribution in [0.1, 0.15) is 19.5 Å². The average molecular weight is 263 g/mol. The number of ether oxygens (including phenoxy) is 1. The van der Waals surface area contributed by atoms with Gasteiger partial charge in [0.05, 0.1) is 29.7 Å². The molecular formula is C11H16F3N3O. The third-order valence-electron chi connectivity index (χ3n) is 2.20. The zero-order chi connectivity index (χ0) is 14.0. The van der Waals surface area contributed by atoms with Crippen molar-refractivity contribution in [2.24, 2.45) is 0 Å². The smallest absolute Gasteiger partial charge is 0.396 e. The molecule has 1 aromatic rings. The third-order valence-corrected chi connectivity index (χ3v) is 2.20. The minimum absolute atomic E-state index is 0.159. The summed E-state index contributed by atoms with van der Waals surface area (Å²) in [4.78, 5) is 3.26. The first-order valence-electron chi connectivity index (χ1n) is 5.25. The Hall–Kier alpha value is -1.50. The molecule has 0 saturated carbocycles. The van der Waals surface area contributed by atoms with Crippen LogP contribution in [0.25, 0.3) is 0 Å². The van der Waals surface area contributed by atoms with Crippen molar-refractivity contribution in [3.05, 3.63) is 18.0 Å². The highest BCUT2D eigenvalue weighted by atomic mass is 19.4. The van der Waals surface area contributed by atoms with Gasteiger partial charge in [-0.25, -0.2) is 4.98 Å². The highest BCUT2D eigenvalue weighted by Crippen LogP contribution is 2.32. The van der Waals surface area contributed by atoms with Crippen LogP contribution in [0, 0.1) is 0 Å². The van der Waals surface area contributed by atoms with Crippen LogP contribution in [0.15, 0.2) is 12.3 Å². The van der Waals surface area contributed by atoms with Crippen molar-refractivity contribution >= 4 is 11.4 Å². The van der Waals surface area contributed by atoms with Crippen molar-refractivity contribution in [1.82, 2.24) is 4.98 Å². The van der Waals surface area contributed by atoms with E-state index in [9.17, 15) is 13.2 Å². The zero-order valence-corrected chi connectivity index (χ0v) is 10.4. The van der Waals surface area contributed by atoms with Crippen LogP contribution < -0.4 is 11.1 Å². The Labute approximate surface area is 103 Å². The fourth-order valence-corrected chi connectivity index (χ4v) is 1.49. The molecule has 0 aliphatic rings. The van der Waals surface area contributed by atoms with E-state index in [0.717, 1.165) is 12.3 Å². The molecule has 0 fully saturated rings. The van der Waals surface area contributed by atoms with E-state index < -0.39 is 17.4 Å².